The number of rotatable bonds is 2. The van der Waals surface area contributed by atoms with Gasteiger partial charge in [-0.05, 0) is 38.0 Å². The second kappa shape index (κ2) is 4.71. The number of nitrogen functional groups attached to an aromatic ring is 1. The Kier molecular flexibility index (Phi) is 3.28. The number of carbonyl (C=O) groups is 1. The monoisotopic (exact) mass is 238 g/mol. The Morgan fingerprint density at radius 3 is 2.88 bits per heavy atom. The summed E-state index contributed by atoms with van der Waals surface area (Å²) in [6.45, 7) is 1.93. The van der Waals surface area contributed by atoms with Crippen LogP contribution in [-0.2, 0) is 9.53 Å². The van der Waals surface area contributed by atoms with Gasteiger partial charge < -0.3 is 15.8 Å². The quantitative estimate of drug-likeness (QED) is 0.773. The van der Waals surface area contributed by atoms with Gasteiger partial charge in [-0.15, -0.1) is 0 Å². The molecule has 2 rings (SSSR count). The zero-order valence-corrected chi connectivity index (χ0v) is 9.57. The number of nitrogens with two attached hydrogens (primary N) is 1. The lowest BCUT2D eigenvalue weighted by Crippen LogP contribution is -2.28. The van der Waals surface area contributed by atoms with Crippen LogP contribution in [0.1, 0.15) is 19.8 Å². The van der Waals surface area contributed by atoms with E-state index in [2.05, 4.69) is 5.32 Å². The Bertz CT molecular complexity index is 437. The molecule has 0 spiro atoms. The number of anilines is 2. The molecule has 17 heavy (non-hydrogen) atoms. The number of halogens is 1. The van der Waals surface area contributed by atoms with E-state index in [-0.39, 0.29) is 17.7 Å². The van der Waals surface area contributed by atoms with Gasteiger partial charge in [-0.2, -0.15) is 0 Å². The Balaban J connectivity index is 2.03. The first-order valence-corrected chi connectivity index (χ1v) is 5.57. The molecule has 1 saturated heterocycles. The largest absolute Gasteiger partial charge is 0.397 e. The molecule has 1 aromatic carbocycles. The molecule has 1 aliphatic heterocycles. The van der Waals surface area contributed by atoms with Crippen LogP contribution in [-0.4, -0.2) is 18.1 Å². The van der Waals surface area contributed by atoms with Gasteiger partial charge in [0.2, 0.25) is 0 Å². The van der Waals surface area contributed by atoms with Crippen molar-refractivity contribution in [3.8, 4) is 0 Å². The van der Waals surface area contributed by atoms with Gasteiger partial charge in [0.1, 0.15) is 11.9 Å². The highest BCUT2D eigenvalue weighted by Crippen LogP contribution is 2.23. The van der Waals surface area contributed by atoms with Crippen molar-refractivity contribution in [1.82, 2.24) is 0 Å². The van der Waals surface area contributed by atoms with Crippen molar-refractivity contribution >= 4 is 17.3 Å². The maximum absolute atomic E-state index is 12.8. The average molecular weight is 238 g/mol. The topological polar surface area (TPSA) is 64.4 Å². The standard InChI is InChI=1S/C12H15FN2O2/c1-7-2-5-11(17-7)12(16)15-10-4-3-8(13)6-9(10)14/h3-4,6-7,11H,2,5,14H2,1H3,(H,15,16). The number of hydrogen-bond acceptors (Lipinski definition) is 3. The maximum atomic E-state index is 12.8. The van der Waals surface area contributed by atoms with E-state index in [1.54, 1.807) is 0 Å². The fourth-order valence-corrected chi connectivity index (χ4v) is 1.86. The molecule has 2 unspecified atom stereocenters. The molecule has 1 amide bonds. The van der Waals surface area contributed by atoms with Gasteiger partial charge in [0.05, 0.1) is 17.5 Å². The first-order chi connectivity index (χ1) is 8.06. The Morgan fingerprint density at radius 2 is 2.29 bits per heavy atom. The van der Waals surface area contributed by atoms with E-state index < -0.39 is 11.9 Å². The lowest BCUT2D eigenvalue weighted by Gasteiger charge is -2.13. The maximum Gasteiger partial charge on any atom is 0.253 e. The van der Waals surface area contributed by atoms with Crippen LogP contribution in [0.5, 0.6) is 0 Å². The van der Waals surface area contributed by atoms with E-state index in [0.717, 1.165) is 6.42 Å². The van der Waals surface area contributed by atoms with Crippen LogP contribution in [0.25, 0.3) is 0 Å². The van der Waals surface area contributed by atoms with Crippen LogP contribution in [0.4, 0.5) is 15.8 Å². The van der Waals surface area contributed by atoms with Gasteiger partial charge in [-0.25, -0.2) is 4.39 Å². The predicted molar refractivity (Wildman–Crippen MR) is 63.0 cm³/mol. The fourth-order valence-electron chi connectivity index (χ4n) is 1.86. The molecule has 0 radical (unpaired) electrons. The van der Waals surface area contributed by atoms with Crippen LogP contribution >= 0.6 is 0 Å². The summed E-state index contributed by atoms with van der Waals surface area (Å²) in [5.74, 6) is -0.654. The average Bonchev–Trinajstić information content (AvgIpc) is 2.69. The lowest BCUT2D eigenvalue weighted by atomic mass is 10.2. The summed E-state index contributed by atoms with van der Waals surface area (Å²) < 4.78 is 18.3. The second-order valence-corrected chi connectivity index (χ2v) is 4.23. The van der Waals surface area contributed by atoms with E-state index in [4.69, 9.17) is 10.5 Å². The molecular formula is C12H15FN2O2. The van der Waals surface area contributed by atoms with Gasteiger partial charge >= 0.3 is 0 Å². The van der Waals surface area contributed by atoms with Crippen LogP contribution in [0.3, 0.4) is 0 Å². The highest BCUT2D eigenvalue weighted by Gasteiger charge is 2.28. The van der Waals surface area contributed by atoms with Gasteiger partial charge in [-0.3, -0.25) is 4.79 Å². The second-order valence-electron chi connectivity index (χ2n) is 4.23. The highest BCUT2D eigenvalue weighted by atomic mass is 19.1. The van der Waals surface area contributed by atoms with Gasteiger partial charge in [-0.1, -0.05) is 0 Å². The third-order valence-electron chi connectivity index (χ3n) is 2.80. The number of amides is 1. The molecule has 92 valence electrons. The van der Waals surface area contributed by atoms with E-state index >= 15 is 0 Å². The Morgan fingerprint density at radius 1 is 1.53 bits per heavy atom. The minimum atomic E-state index is -0.436. The summed E-state index contributed by atoms with van der Waals surface area (Å²) in [6.07, 6.45) is 1.25. The smallest absolute Gasteiger partial charge is 0.253 e. The molecule has 0 aliphatic carbocycles. The highest BCUT2D eigenvalue weighted by molar-refractivity contribution is 5.96. The zero-order valence-electron chi connectivity index (χ0n) is 9.57. The zero-order chi connectivity index (χ0) is 12.4. The van der Waals surface area contributed by atoms with Crippen molar-refractivity contribution in [2.24, 2.45) is 0 Å². The number of benzene rings is 1. The van der Waals surface area contributed by atoms with Crippen LogP contribution < -0.4 is 11.1 Å². The molecule has 1 heterocycles. The Hall–Kier alpha value is -1.62. The van der Waals surface area contributed by atoms with E-state index in [0.29, 0.717) is 12.1 Å². The molecule has 1 aliphatic rings. The number of hydrogen-bond donors (Lipinski definition) is 2. The fraction of sp³-hybridized carbons (Fsp3) is 0.417. The van der Waals surface area contributed by atoms with Crippen LogP contribution in [0, 0.1) is 5.82 Å². The molecule has 3 N–H and O–H groups in total. The summed E-state index contributed by atoms with van der Waals surface area (Å²) in [6, 6.07) is 3.87. The third-order valence-corrected chi connectivity index (χ3v) is 2.80. The van der Waals surface area contributed by atoms with Gasteiger partial charge in [0.25, 0.3) is 5.91 Å². The number of carbonyl (C=O) groups excluding carboxylic acids is 1. The molecule has 5 heteroatoms. The van der Waals surface area contributed by atoms with Crippen molar-refractivity contribution < 1.29 is 13.9 Å². The first kappa shape index (κ1) is 11.9. The normalized spacial score (nSPS) is 23.6. The van der Waals surface area contributed by atoms with Crippen LogP contribution in [0.15, 0.2) is 18.2 Å². The molecule has 4 nitrogen and oxygen atoms in total. The summed E-state index contributed by atoms with van der Waals surface area (Å²) in [7, 11) is 0. The van der Waals surface area contributed by atoms with E-state index in [1.165, 1.54) is 18.2 Å². The Labute approximate surface area is 98.9 Å². The SMILES string of the molecule is CC1CCC(C(=O)Nc2ccc(F)cc2N)O1. The van der Waals surface area contributed by atoms with Crippen molar-refractivity contribution in [3.63, 3.8) is 0 Å². The molecule has 0 saturated carbocycles. The molecular weight excluding hydrogens is 223 g/mol. The summed E-state index contributed by atoms with van der Waals surface area (Å²) >= 11 is 0. The number of ether oxygens (including phenoxy) is 1. The van der Waals surface area contributed by atoms with Crippen molar-refractivity contribution in [3.05, 3.63) is 24.0 Å². The summed E-state index contributed by atoms with van der Waals surface area (Å²) in [5, 5.41) is 2.64. The lowest BCUT2D eigenvalue weighted by molar-refractivity contribution is -0.126. The first-order valence-electron chi connectivity index (χ1n) is 5.57. The number of nitrogens with one attached hydrogen (secondary N) is 1. The summed E-state index contributed by atoms with van der Waals surface area (Å²) in [4.78, 5) is 11.8. The van der Waals surface area contributed by atoms with Crippen molar-refractivity contribution in [1.29, 1.82) is 0 Å². The molecule has 0 bridgehead atoms. The van der Waals surface area contributed by atoms with E-state index in [9.17, 15) is 9.18 Å². The van der Waals surface area contributed by atoms with Gasteiger partial charge in [0.15, 0.2) is 0 Å². The van der Waals surface area contributed by atoms with E-state index in [1.807, 2.05) is 6.92 Å². The predicted octanol–water partition coefficient (Wildman–Crippen LogP) is 1.91. The molecule has 1 fully saturated rings. The minimum absolute atomic E-state index is 0.108. The molecule has 0 aromatic heterocycles. The van der Waals surface area contributed by atoms with Crippen molar-refractivity contribution in [2.75, 3.05) is 11.1 Å². The van der Waals surface area contributed by atoms with Crippen molar-refractivity contribution in [2.45, 2.75) is 32.0 Å². The van der Waals surface area contributed by atoms with Crippen LogP contribution in [0.2, 0.25) is 0 Å². The summed E-state index contributed by atoms with van der Waals surface area (Å²) in [5.41, 5.74) is 6.23. The third kappa shape index (κ3) is 2.74. The molecule has 2 atom stereocenters. The minimum Gasteiger partial charge on any atom is -0.397 e. The molecule has 1 aromatic rings. The van der Waals surface area contributed by atoms with Gasteiger partial charge in [0, 0.05) is 0 Å².